The van der Waals surface area contributed by atoms with Crippen LogP contribution >= 0.6 is 0 Å². The molecule has 1 fully saturated rings. The highest BCUT2D eigenvalue weighted by Crippen LogP contribution is 2.29. The van der Waals surface area contributed by atoms with Gasteiger partial charge in [-0.3, -0.25) is 14.9 Å². The van der Waals surface area contributed by atoms with Crippen LogP contribution in [-0.4, -0.2) is 49.0 Å². The molecule has 1 heterocycles. The number of piperazine rings is 1. The number of aryl methyl sites for hydroxylation is 2. The molecule has 0 aliphatic carbocycles. The Bertz CT molecular complexity index is 1080. The SMILES string of the molecule is Cc1ccc(NC(=O)/C(C#N)=C/c2cc([N+](=O)[O-])ccc2N2CCN(C)CC2)cc1C. The van der Waals surface area contributed by atoms with Crippen molar-refractivity contribution in [2.45, 2.75) is 13.8 Å². The number of anilines is 2. The van der Waals surface area contributed by atoms with E-state index in [2.05, 4.69) is 15.1 Å². The zero-order valence-corrected chi connectivity index (χ0v) is 17.9. The first-order valence-electron chi connectivity index (χ1n) is 10.0. The summed E-state index contributed by atoms with van der Waals surface area (Å²) in [5, 5.41) is 23.6. The lowest BCUT2D eigenvalue weighted by Crippen LogP contribution is -2.44. The lowest BCUT2D eigenvalue weighted by atomic mass is 10.1. The smallest absolute Gasteiger partial charge is 0.270 e. The van der Waals surface area contributed by atoms with Crippen molar-refractivity contribution in [2.75, 3.05) is 43.4 Å². The van der Waals surface area contributed by atoms with Crippen LogP contribution in [0.3, 0.4) is 0 Å². The minimum absolute atomic E-state index is 0.0871. The van der Waals surface area contributed by atoms with E-state index in [0.29, 0.717) is 11.3 Å². The van der Waals surface area contributed by atoms with Gasteiger partial charge in [-0.2, -0.15) is 5.26 Å². The topological polar surface area (TPSA) is 103 Å². The summed E-state index contributed by atoms with van der Waals surface area (Å²) < 4.78 is 0. The maximum atomic E-state index is 12.7. The molecule has 0 spiro atoms. The van der Waals surface area contributed by atoms with E-state index in [1.54, 1.807) is 12.1 Å². The highest BCUT2D eigenvalue weighted by atomic mass is 16.6. The largest absolute Gasteiger partial charge is 0.368 e. The molecule has 1 aliphatic heterocycles. The monoisotopic (exact) mass is 419 g/mol. The Labute approximate surface area is 181 Å². The van der Waals surface area contributed by atoms with Crippen LogP contribution < -0.4 is 10.2 Å². The number of nitriles is 1. The maximum Gasteiger partial charge on any atom is 0.270 e. The van der Waals surface area contributed by atoms with Gasteiger partial charge >= 0.3 is 0 Å². The number of carbonyl (C=O) groups is 1. The summed E-state index contributed by atoms with van der Waals surface area (Å²) in [4.78, 5) is 27.9. The van der Waals surface area contributed by atoms with Crippen LogP contribution in [0.15, 0.2) is 42.0 Å². The van der Waals surface area contributed by atoms with Crippen molar-refractivity contribution in [3.8, 4) is 6.07 Å². The molecule has 3 rings (SSSR count). The first-order valence-corrected chi connectivity index (χ1v) is 10.0. The molecule has 8 nitrogen and oxygen atoms in total. The van der Waals surface area contributed by atoms with Gasteiger partial charge in [-0.25, -0.2) is 0 Å². The fraction of sp³-hybridized carbons (Fsp3) is 0.304. The number of nitrogens with one attached hydrogen (secondary N) is 1. The molecule has 31 heavy (non-hydrogen) atoms. The average molecular weight is 419 g/mol. The van der Waals surface area contributed by atoms with Gasteiger partial charge in [0.15, 0.2) is 0 Å². The van der Waals surface area contributed by atoms with Gasteiger partial charge in [-0.1, -0.05) is 6.07 Å². The quantitative estimate of drug-likeness (QED) is 0.344. The number of non-ortho nitro benzene ring substituents is 1. The van der Waals surface area contributed by atoms with Crippen molar-refractivity contribution in [2.24, 2.45) is 0 Å². The molecule has 0 unspecified atom stereocenters. The van der Waals surface area contributed by atoms with Gasteiger partial charge < -0.3 is 15.1 Å². The van der Waals surface area contributed by atoms with Gasteiger partial charge in [0.1, 0.15) is 11.6 Å². The number of amides is 1. The zero-order chi connectivity index (χ0) is 22.5. The summed E-state index contributed by atoms with van der Waals surface area (Å²) in [7, 11) is 2.04. The van der Waals surface area contributed by atoms with Crippen molar-refractivity contribution in [3.63, 3.8) is 0 Å². The van der Waals surface area contributed by atoms with Crippen molar-refractivity contribution in [1.82, 2.24) is 4.90 Å². The molecule has 8 heteroatoms. The number of hydrogen-bond donors (Lipinski definition) is 1. The van der Waals surface area contributed by atoms with Crippen molar-refractivity contribution >= 4 is 29.0 Å². The van der Waals surface area contributed by atoms with Crippen LogP contribution in [0.25, 0.3) is 6.08 Å². The lowest BCUT2D eigenvalue weighted by molar-refractivity contribution is -0.384. The Morgan fingerprint density at radius 2 is 1.84 bits per heavy atom. The fourth-order valence-electron chi connectivity index (χ4n) is 3.43. The summed E-state index contributed by atoms with van der Waals surface area (Å²) >= 11 is 0. The van der Waals surface area contributed by atoms with Crippen molar-refractivity contribution < 1.29 is 9.72 Å². The fourth-order valence-corrected chi connectivity index (χ4v) is 3.43. The molecule has 0 saturated carbocycles. The molecule has 0 aromatic heterocycles. The van der Waals surface area contributed by atoms with Gasteiger partial charge in [0.05, 0.1) is 4.92 Å². The molecule has 1 aliphatic rings. The Kier molecular flexibility index (Phi) is 6.68. The number of carbonyl (C=O) groups excluding carboxylic acids is 1. The number of likely N-dealkylation sites (N-methyl/N-ethyl adjacent to an activating group) is 1. The number of hydrogen-bond acceptors (Lipinski definition) is 6. The summed E-state index contributed by atoms with van der Waals surface area (Å²) in [5.74, 6) is -0.554. The molecule has 1 saturated heterocycles. The van der Waals surface area contributed by atoms with E-state index >= 15 is 0 Å². The zero-order valence-electron chi connectivity index (χ0n) is 17.9. The highest BCUT2D eigenvalue weighted by Gasteiger charge is 2.20. The summed E-state index contributed by atoms with van der Waals surface area (Å²) in [6, 6.07) is 12.0. The molecule has 0 bridgehead atoms. The van der Waals surface area contributed by atoms with E-state index in [0.717, 1.165) is 43.0 Å². The number of nitro groups is 1. The van der Waals surface area contributed by atoms with E-state index in [1.165, 1.54) is 18.2 Å². The first kappa shape index (κ1) is 22.0. The molecular formula is C23H25N5O3. The normalized spacial score (nSPS) is 14.8. The van der Waals surface area contributed by atoms with Crippen LogP contribution in [0.2, 0.25) is 0 Å². The molecule has 160 valence electrons. The second kappa shape index (κ2) is 9.41. The van der Waals surface area contributed by atoms with Gasteiger partial charge in [0, 0.05) is 55.2 Å². The molecule has 0 atom stereocenters. The van der Waals surface area contributed by atoms with Crippen LogP contribution in [0.4, 0.5) is 17.1 Å². The minimum Gasteiger partial charge on any atom is -0.368 e. The second-order valence-electron chi connectivity index (χ2n) is 7.71. The van der Waals surface area contributed by atoms with Gasteiger partial charge in [0.25, 0.3) is 11.6 Å². The standard InChI is InChI=1S/C23H25N5O3/c1-16-4-5-20(12-17(16)2)25-23(29)19(15-24)13-18-14-21(28(30)31)6-7-22(18)27-10-8-26(3)9-11-27/h4-7,12-14H,8-11H2,1-3H3,(H,25,29)/b19-13+. The maximum absolute atomic E-state index is 12.7. The molecular weight excluding hydrogens is 394 g/mol. The number of benzene rings is 2. The Morgan fingerprint density at radius 3 is 2.45 bits per heavy atom. The Hall–Kier alpha value is -3.70. The predicted molar refractivity (Wildman–Crippen MR) is 121 cm³/mol. The third-order valence-electron chi connectivity index (χ3n) is 5.50. The Balaban J connectivity index is 1.94. The second-order valence-corrected chi connectivity index (χ2v) is 7.71. The lowest BCUT2D eigenvalue weighted by Gasteiger charge is -2.34. The number of rotatable bonds is 5. The van der Waals surface area contributed by atoms with Crippen LogP contribution in [0.1, 0.15) is 16.7 Å². The van der Waals surface area contributed by atoms with Crippen molar-refractivity contribution in [3.05, 3.63) is 68.8 Å². The molecule has 2 aromatic rings. The van der Waals surface area contributed by atoms with Crippen LogP contribution in [-0.2, 0) is 4.79 Å². The number of nitrogens with zero attached hydrogens (tertiary/aromatic N) is 4. The van der Waals surface area contributed by atoms with Crippen LogP contribution in [0.5, 0.6) is 0 Å². The van der Waals surface area contributed by atoms with Crippen LogP contribution in [0, 0.1) is 35.3 Å². The van der Waals surface area contributed by atoms with Gasteiger partial charge in [-0.05, 0) is 56.3 Å². The van der Waals surface area contributed by atoms with Gasteiger partial charge in [-0.15, -0.1) is 0 Å². The Morgan fingerprint density at radius 1 is 1.13 bits per heavy atom. The van der Waals surface area contributed by atoms with Gasteiger partial charge in [0.2, 0.25) is 0 Å². The van der Waals surface area contributed by atoms with Crippen molar-refractivity contribution in [1.29, 1.82) is 5.26 Å². The third kappa shape index (κ3) is 5.27. The summed E-state index contributed by atoms with van der Waals surface area (Å²) in [5.41, 5.74) is 3.76. The molecule has 1 amide bonds. The molecule has 1 N–H and O–H groups in total. The third-order valence-corrected chi connectivity index (χ3v) is 5.50. The number of nitro benzene ring substituents is 1. The highest BCUT2D eigenvalue weighted by molar-refractivity contribution is 6.10. The predicted octanol–water partition coefficient (Wildman–Crippen LogP) is 3.51. The molecule has 2 aromatic carbocycles. The minimum atomic E-state index is -0.554. The molecule has 0 radical (unpaired) electrons. The van der Waals surface area contributed by atoms with E-state index in [-0.39, 0.29) is 11.3 Å². The van der Waals surface area contributed by atoms with E-state index < -0.39 is 10.8 Å². The summed E-state index contributed by atoms with van der Waals surface area (Å²) in [6.45, 7) is 7.15. The summed E-state index contributed by atoms with van der Waals surface area (Å²) in [6.07, 6.45) is 1.43. The van der Waals surface area contributed by atoms with E-state index in [1.807, 2.05) is 39.1 Å². The van der Waals surface area contributed by atoms with E-state index in [9.17, 15) is 20.2 Å². The first-order chi connectivity index (χ1) is 14.8. The average Bonchev–Trinajstić information content (AvgIpc) is 2.75. The van der Waals surface area contributed by atoms with E-state index in [4.69, 9.17) is 0 Å².